The monoisotopic (exact) mass is 594 g/mol. The summed E-state index contributed by atoms with van der Waals surface area (Å²) < 4.78 is 0. The molecule has 0 aliphatic heterocycles. The van der Waals surface area contributed by atoms with E-state index in [-0.39, 0.29) is 62.9 Å². The number of nitrogens with zero attached hydrogens (tertiary/aromatic N) is 2. The van der Waals surface area contributed by atoms with Gasteiger partial charge in [0.1, 0.15) is 23.9 Å². The van der Waals surface area contributed by atoms with Gasteiger partial charge in [-0.1, -0.05) is 12.1 Å². The standard InChI is InChI=1S/C25H42N10O7/c1-13(36)19(22(40)34-18(23(41)42)5-3-11-32-25(29)30)35-21(39)17(4-2-10-31-24(27)28)33-20(38)16(26)12-14-6-8-15(37)9-7-14/h6-9,13,16-19,36-37H,2-5,10-12,26H2,1H3,(H,33,38)(H,34,40)(H,35,39)(H,41,42)(H4,27,28,31)(H4,29,30,32). The first-order valence-electron chi connectivity index (χ1n) is 13.2. The number of rotatable bonds is 18. The van der Waals surface area contributed by atoms with Gasteiger partial charge in [0, 0.05) is 13.1 Å². The number of aliphatic hydroxyl groups excluding tert-OH is 1. The van der Waals surface area contributed by atoms with E-state index in [4.69, 9.17) is 28.7 Å². The van der Waals surface area contributed by atoms with Crippen LogP contribution in [0.4, 0.5) is 0 Å². The van der Waals surface area contributed by atoms with E-state index in [9.17, 15) is 34.5 Å². The van der Waals surface area contributed by atoms with E-state index < -0.39 is 54.0 Å². The molecule has 42 heavy (non-hydrogen) atoms. The van der Waals surface area contributed by atoms with E-state index in [0.717, 1.165) is 0 Å². The van der Waals surface area contributed by atoms with Crippen LogP contribution in [0.3, 0.4) is 0 Å². The Morgan fingerprint density at radius 1 is 0.810 bits per heavy atom. The fraction of sp³-hybridized carbons (Fsp3) is 0.520. The lowest BCUT2D eigenvalue weighted by atomic mass is 10.0. The predicted molar refractivity (Wildman–Crippen MR) is 155 cm³/mol. The van der Waals surface area contributed by atoms with Crippen molar-refractivity contribution >= 4 is 35.6 Å². The third-order valence-electron chi connectivity index (χ3n) is 5.93. The van der Waals surface area contributed by atoms with Crippen LogP contribution in [0, 0.1) is 0 Å². The first-order valence-corrected chi connectivity index (χ1v) is 13.2. The molecular weight excluding hydrogens is 552 g/mol. The molecule has 0 spiro atoms. The molecule has 0 saturated carbocycles. The molecule has 16 N–H and O–H groups in total. The minimum absolute atomic E-state index is 0.0271. The average molecular weight is 595 g/mol. The highest BCUT2D eigenvalue weighted by atomic mass is 16.4. The number of carbonyl (C=O) groups excluding carboxylic acids is 3. The summed E-state index contributed by atoms with van der Waals surface area (Å²) in [6.45, 7) is 1.51. The Hall–Kier alpha value is -4.64. The van der Waals surface area contributed by atoms with Crippen LogP contribution in [-0.2, 0) is 25.6 Å². The number of aliphatic carboxylic acids is 1. The summed E-state index contributed by atoms with van der Waals surface area (Å²) in [6, 6.07) is 0.908. The van der Waals surface area contributed by atoms with Gasteiger partial charge in [-0.05, 0) is 56.7 Å². The maximum atomic E-state index is 13.2. The van der Waals surface area contributed by atoms with Gasteiger partial charge < -0.3 is 59.9 Å². The van der Waals surface area contributed by atoms with Crippen molar-refractivity contribution in [1.82, 2.24) is 16.0 Å². The SMILES string of the molecule is CC(O)C(NC(=O)C(CCCN=C(N)N)NC(=O)C(N)Cc1ccc(O)cc1)C(=O)NC(CCCN=C(N)N)C(=O)O. The topological polar surface area (TPSA) is 320 Å². The van der Waals surface area contributed by atoms with Crippen molar-refractivity contribution in [3.05, 3.63) is 29.8 Å². The Morgan fingerprint density at radius 2 is 1.31 bits per heavy atom. The number of amides is 3. The summed E-state index contributed by atoms with van der Waals surface area (Å²) in [5.41, 5.74) is 27.9. The molecule has 1 rings (SSSR count). The van der Waals surface area contributed by atoms with Crippen LogP contribution in [0.2, 0.25) is 0 Å². The number of carboxylic acid groups (broad SMARTS) is 1. The maximum absolute atomic E-state index is 13.2. The summed E-state index contributed by atoms with van der Waals surface area (Å²) in [7, 11) is 0. The number of nitrogens with one attached hydrogen (secondary N) is 3. The number of phenols is 1. The molecule has 234 valence electrons. The summed E-state index contributed by atoms with van der Waals surface area (Å²) in [5.74, 6) is -4.07. The molecule has 0 saturated heterocycles. The van der Waals surface area contributed by atoms with Crippen molar-refractivity contribution in [2.24, 2.45) is 38.7 Å². The number of carbonyl (C=O) groups is 4. The van der Waals surface area contributed by atoms with Crippen LogP contribution >= 0.6 is 0 Å². The summed E-state index contributed by atoms with van der Waals surface area (Å²) in [5, 5.41) is 36.4. The van der Waals surface area contributed by atoms with Crippen LogP contribution in [-0.4, -0.2) is 94.3 Å². The molecular formula is C25H42N10O7. The zero-order valence-corrected chi connectivity index (χ0v) is 23.4. The number of aliphatic imine (C=N–C) groups is 2. The normalized spacial score (nSPS) is 14.3. The lowest BCUT2D eigenvalue weighted by Gasteiger charge is -2.26. The number of phenolic OH excluding ortho intramolecular Hbond substituents is 1. The van der Waals surface area contributed by atoms with E-state index in [2.05, 4.69) is 25.9 Å². The van der Waals surface area contributed by atoms with Crippen molar-refractivity contribution < 1.29 is 34.5 Å². The molecule has 17 nitrogen and oxygen atoms in total. The average Bonchev–Trinajstić information content (AvgIpc) is 2.90. The van der Waals surface area contributed by atoms with Crippen molar-refractivity contribution in [2.45, 2.75) is 69.3 Å². The maximum Gasteiger partial charge on any atom is 0.326 e. The first kappa shape index (κ1) is 35.4. The van der Waals surface area contributed by atoms with E-state index in [1.54, 1.807) is 12.1 Å². The molecule has 5 atom stereocenters. The largest absolute Gasteiger partial charge is 0.508 e. The predicted octanol–water partition coefficient (Wildman–Crippen LogP) is -3.71. The number of guanidine groups is 2. The highest BCUT2D eigenvalue weighted by Crippen LogP contribution is 2.11. The number of aliphatic hydroxyl groups is 1. The second-order valence-electron chi connectivity index (χ2n) is 9.56. The molecule has 0 aromatic heterocycles. The number of benzene rings is 1. The van der Waals surface area contributed by atoms with Gasteiger partial charge in [0.2, 0.25) is 17.7 Å². The van der Waals surface area contributed by atoms with Crippen molar-refractivity contribution in [3.63, 3.8) is 0 Å². The van der Waals surface area contributed by atoms with Crippen LogP contribution in [0.1, 0.15) is 38.2 Å². The highest BCUT2D eigenvalue weighted by Gasteiger charge is 2.32. The minimum atomic E-state index is -1.56. The van der Waals surface area contributed by atoms with Gasteiger partial charge in [-0.25, -0.2) is 4.79 Å². The fourth-order valence-electron chi connectivity index (χ4n) is 3.71. The Labute approximate surface area is 243 Å². The number of nitrogens with two attached hydrogens (primary N) is 5. The number of aromatic hydroxyl groups is 1. The summed E-state index contributed by atoms with van der Waals surface area (Å²) in [4.78, 5) is 58.2. The van der Waals surface area contributed by atoms with Crippen molar-refractivity contribution in [1.29, 1.82) is 0 Å². The van der Waals surface area contributed by atoms with Crippen molar-refractivity contribution in [2.75, 3.05) is 13.1 Å². The van der Waals surface area contributed by atoms with Gasteiger partial charge in [-0.15, -0.1) is 0 Å². The Kier molecular flexibility index (Phi) is 15.1. The van der Waals surface area contributed by atoms with E-state index in [1.807, 2.05) is 0 Å². The van der Waals surface area contributed by atoms with E-state index in [1.165, 1.54) is 19.1 Å². The van der Waals surface area contributed by atoms with Crippen LogP contribution < -0.4 is 44.6 Å². The van der Waals surface area contributed by atoms with Crippen LogP contribution in [0.25, 0.3) is 0 Å². The van der Waals surface area contributed by atoms with Gasteiger partial charge in [-0.3, -0.25) is 24.4 Å². The van der Waals surface area contributed by atoms with Crippen molar-refractivity contribution in [3.8, 4) is 5.75 Å². The molecule has 1 aromatic rings. The van der Waals surface area contributed by atoms with Gasteiger partial charge in [0.05, 0.1) is 12.1 Å². The second kappa shape index (κ2) is 17.9. The quantitative estimate of drug-likeness (QED) is 0.0444. The lowest BCUT2D eigenvalue weighted by Crippen LogP contribution is -2.60. The molecule has 0 aliphatic carbocycles. The van der Waals surface area contributed by atoms with Crippen LogP contribution in [0.5, 0.6) is 5.75 Å². The molecule has 5 unspecified atom stereocenters. The lowest BCUT2D eigenvalue weighted by molar-refractivity contribution is -0.143. The molecule has 17 heteroatoms. The Morgan fingerprint density at radius 3 is 1.79 bits per heavy atom. The zero-order chi connectivity index (χ0) is 31.8. The Balaban J connectivity index is 2.98. The molecule has 0 fully saturated rings. The summed E-state index contributed by atoms with van der Waals surface area (Å²) in [6.07, 6.45) is -0.828. The highest BCUT2D eigenvalue weighted by molar-refractivity contribution is 5.94. The number of carboxylic acids is 1. The molecule has 0 aliphatic rings. The zero-order valence-electron chi connectivity index (χ0n) is 23.4. The second-order valence-corrected chi connectivity index (χ2v) is 9.56. The third kappa shape index (κ3) is 13.6. The smallest absolute Gasteiger partial charge is 0.326 e. The summed E-state index contributed by atoms with van der Waals surface area (Å²) >= 11 is 0. The molecule has 3 amide bonds. The molecule has 0 bridgehead atoms. The number of hydrogen-bond acceptors (Lipinski definition) is 9. The van der Waals surface area contributed by atoms with Gasteiger partial charge in [0.25, 0.3) is 0 Å². The van der Waals surface area contributed by atoms with Gasteiger partial charge >= 0.3 is 5.97 Å². The van der Waals surface area contributed by atoms with Gasteiger partial charge in [-0.2, -0.15) is 0 Å². The molecule has 1 aromatic carbocycles. The Bertz CT molecular complexity index is 1100. The minimum Gasteiger partial charge on any atom is -0.508 e. The third-order valence-corrected chi connectivity index (χ3v) is 5.93. The van der Waals surface area contributed by atoms with E-state index in [0.29, 0.717) is 5.56 Å². The first-order chi connectivity index (χ1) is 19.7. The van der Waals surface area contributed by atoms with Crippen LogP contribution in [0.15, 0.2) is 34.3 Å². The number of hydrogen-bond donors (Lipinski definition) is 11. The molecule has 0 radical (unpaired) electrons. The van der Waals surface area contributed by atoms with E-state index >= 15 is 0 Å². The fourth-order valence-corrected chi connectivity index (χ4v) is 3.71. The molecule has 0 heterocycles. The van der Waals surface area contributed by atoms with Gasteiger partial charge in [0.15, 0.2) is 11.9 Å².